The summed E-state index contributed by atoms with van der Waals surface area (Å²) in [6.07, 6.45) is 2.48. The lowest BCUT2D eigenvalue weighted by Crippen LogP contribution is -2.13. The summed E-state index contributed by atoms with van der Waals surface area (Å²) >= 11 is 1.46. The van der Waals surface area contributed by atoms with Gasteiger partial charge in [0.2, 0.25) is 5.78 Å². The van der Waals surface area contributed by atoms with E-state index in [-0.39, 0.29) is 5.78 Å². The maximum absolute atomic E-state index is 12.4. The summed E-state index contributed by atoms with van der Waals surface area (Å²) in [6.45, 7) is 4.60. The monoisotopic (exact) mass is 265 g/mol. The highest BCUT2D eigenvalue weighted by molar-refractivity contribution is 7.09. The highest BCUT2D eigenvalue weighted by Gasteiger charge is 2.22. The fourth-order valence-corrected chi connectivity index (χ4v) is 2.31. The third kappa shape index (κ3) is 2.28. The molecule has 2 aromatic heterocycles. The molecule has 5 nitrogen and oxygen atoms in total. The maximum Gasteiger partial charge on any atom is 0.234 e. The Morgan fingerprint density at radius 1 is 1.56 bits per heavy atom. The lowest BCUT2D eigenvalue weighted by Gasteiger charge is -2.05. The predicted molar refractivity (Wildman–Crippen MR) is 69.4 cm³/mol. The van der Waals surface area contributed by atoms with E-state index in [0.29, 0.717) is 23.7 Å². The molecule has 0 fully saturated rings. The molecule has 6 heteroatoms. The summed E-state index contributed by atoms with van der Waals surface area (Å²) in [5, 5.41) is 6.81. The van der Waals surface area contributed by atoms with E-state index >= 15 is 0 Å². The van der Waals surface area contributed by atoms with Gasteiger partial charge in [-0.05, 0) is 13.3 Å². The highest BCUT2D eigenvalue weighted by atomic mass is 32.1. The molecule has 0 N–H and O–H groups in total. The topological polar surface area (TPSA) is 57.0 Å². The van der Waals surface area contributed by atoms with Gasteiger partial charge in [-0.3, -0.25) is 9.48 Å². The molecule has 0 atom stereocenters. The zero-order valence-electron chi connectivity index (χ0n) is 10.6. The van der Waals surface area contributed by atoms with Gasteiger partial charge < -0.3 is 4.74 Å². The minimum Gasteiger partial charge on any atom is -0.493 e. The number of thiazole rings is 1. The van der Waals surface area contributed by atoms with Crippen molar-refractivity contribution in [3.8, 4) is 5.75 Å². The zero-order chi connectivity index (χ0) is 13.1. The van der Waals surface area contributed by atoms with Gasteiger partial charge in [-0.25, -0.2) is 4.98 Å². The Bertz CT molecular complexity index is 559. The van der Waals surface area contributed by atoms with E-state index in [1.165, 1.54) is 18.4 Å². The highest BCUT2D eigenvalue weighted by Crippen LogP contribution is 2.22. The molecule has 0 aromatic carbocycles. The minimum absolute atomic E-state index is 0.137. The second-order valence-corrected chi connectivity index (χ2v) is 4.93. The van der Waals surface area contributed by atoms with Gasteiger partial charge in [-0.1, -0.05) is 6.92 Å². The number of carbonyl (C=O) groups excluding carboxylic acids is 1. The number of ether oxygens (including phenoxy) is 1. The molecular formula is C12H15N3O2S. The molecular weight excluding hydrogens is 250 g/mol. The summed E-state index contributed by atoms with van der Waals surface area (Å²) < 4.78 is 6.87. The molecule has 0 saturated carbocycles. The van der Waals surface area contributed by atoms with Crippen molar-refractivity contribution in [3.63, 3.8) is 0 Å². The van der Waals surface area contributed by atoms with E-state index in [1.807, 2.05) is 13.8 Å². The van der Waals surface area contributed by atoms with Crippen molar-refractivity contribution in [2.75, 3.05) is 7.11 Å². The predicted octanol–water partition coefficient (Wildman–Crippen LogP) is 2.30. The van der Waals surface area contributed by atoms with Gasteiger partial charge in [0, 0.05) is 11.9 Å². The van der Waals surface area contributed by atoms with E-state index in [2.05, 4.69) is 10.1 Å². The number of aromatic nitrogens is 3. The van der Waals surface area contributed by atoms with Crippen LogP contribution in [0.25, 0.3) is 0 Å². The van der Waals surface area contributed by atoms with Crippen molar-refractivity contribution >= 4 is 17.1 Å². The molecule has 2 aromatic rings. The van der Waals surface area contributed by atoms with Crippen LogP contribution >= 0.6 is 11.3 Å². The van der Waals surface area contributed by atoms with Crippen LogP contribution < -0.4 is 4.74 Å². The quantitative estimate of drug-likeness (QED) is 0.778. The fraction of sp³-hybridized carbons (Fsp3) is 0.417. The average Bonchev–Trinajstić information content (AvgIpc) is 2.95. The molecule has 0 aliphatic heterocycles. The fourth-order valence-electron chi connectivity index (χ4n) is 1.72. The Morgan fingerprint density at radius 2 is 2.33 bits per heavy atom. The Balaban J connectivity index is 2.42. The number of ketones is 1. The molecule has 0 unspecified atom stereocenters. The molecule has 0 amide bonds. The van der Waals surface area contributed by atoms with Gasteiger partial charge in [0.05, 0.1) is 18.3 Å². The van der Waals surface area contributed by atoms with Gasteiger partial charge in [0.25, 0.3) is 0 Å². The van der Waals surface area contributed by atoms with Crippen LogP contribution in [0.3, 0.4) is 0 Å². The van der Waals surface area contributed by atoms with Gasteiger partial charge in [0.1, 0.15) is 5.69 Å². The van der Waals surface area contributed by atoms with Gasteiger partial charge in [-0.2, -0.15) is 5.10 Å². The number of methoxy groups -OCH3 is 1. The molecule has 0 aliphatic carbocycles. The molecule has 0 spiro atoms. The van der Waals surface area contributed by atoms with Crippen LogP contribution in [-0.2, 0) is 6.54 Å². The summed E-state index contributed by atoms with van der Waals surface area (Å²) in [4.78, 5) is 16.6. The van der Waals surface area contributed by atoms with E-state index < -0.39 is 0 Å². The van der Waals surface area contributed by atoms with E-state index in [1.54, 1.807) is 16.3 Å². The molecule has 0 saturated heterocycles. The molecule has 0 bridgehead atoms. The minimum atomic E-state index is -0.137. The molecule has 2 heterocycles. The second kappa shape index (κ2) is 5.30. The van der Waals surface area contributed by atoms with Crippen LogP contribution in [-0.4, -0.2) is 27.7 Å². The van der Waals surface area contributed by atoms with Gasteiger partial charge in [0.15, 0.2) is 11.4 Å². The summed E-state index contributed by atoms with van der Waals surface area (Å²) in [7, 11) is 1.54. The summed E-state index contributed by atoms with van der Waals surface area (Å²) in [5.41, 5.74) is 0.929. The first-order valence-corrected chi connectivity index (χ1v) is 6.62. The van der Waals surface area contributed by atoms with Gasteiger partial charge in [-0.15, -0.1) is 11.3 Å². The molecule has 0 radical (unpaired) electrons. The Labute approximate surface area is 109 Å². The van der Waals surface area contributed by atoms with Crippen LogP contribution in [0.1, 0.15) is 34.5 Å². The summed E-state index contributed by atoms with van der Waals surface area (Å²) in [6, 6.07) is 0. The first-order valence-electron chi connectivity index (χ1n) is 5.74. The third-order valence-electron chi connectivity index (χ3n) is 2.53. The van der Waals surface area contributed by atoms with Crippen molar-refractivity contribution in [1.29, 1.82) is 0 Å². The lowest BCUT2D eigenvalue weighted by molar-refractivity contribution is 0.102. The van der Waals surface area contributed by atoms with Gasteiger partial charge >= 0.3 is 0 Å². The van der Waals surface area contributed by atoms with Crippen molar-refractivity contribution in [2.45, 2.75) is 26.8 Å². The van der Waals surface area contributed by atoms with Crippen LogP contribution in [0.2, 0.25) is 0 Å². The number of rotatable bonds is 5. The van der Waals surface area contributed by atoms with Crippen LogP contribution in [0.15, 0.2) is 11.6 Å². The zero-order valence-corrected chi connectivity index (χ0v) is 11.5. The Morgan fingerprint density at radius 3 is 2.89 bits per heavy atom. The number of aryl methyl sites for hydroxylation is 2. The lowest BCUT2D eigenvalue weighted by atomic mass is 10.2. The van der Waals surface area contributed by atoms with E-state index in [4.69, 9.17) is 4.74 Å². The number of hydrogen-bond donors (Lipinski definition) is 0. The number of carbonyl (C=O) groups is 1. The third-order valence-corrected chi connectivity index (χ3v) is 3.30. The van der Waals surface area contributed by atoms with Crippen molar-refractivity contribution in [2.24, 2.45) is 0 Å². The van der Waals surface area contributed by atoms with Crippen LogP contribution in [0.5, 0.6) is 5.75 Å². The largest absolute Gasteiger partial charge is 0.493 e. The number of nitrogens with zero attached hydrogens (tertiary/aromatic N) is 3. The molecule has 0 aliphatic rings. The normalized spacial score (nSPS) is 10.6. The smallest absolute Gasteiger partial charge is 0.234 e. The molecule has 96 valence electrons. The maximum atomic E-state index is 12.4. The SMILES string of the molecule is CCCn1ncc(OC)c1C(=O)c1csc(C)n1. The summed E-state index contributed by atoms with van der Waals surface area (Å²) in [5.74, 6) is 0.362. The first kappa shape index (κ1) is 12.8. The van der Waals surface area contributed by atoms with Crippen molar-refractivity contribution in [3.05, 3.63) is 28.0 Å². The molecule has 18 heavy (non-hydrogen) atoms. The van der Waals surface area contributed by atoms with E-state index in [0.717, 1.165) is 11.4 Å². The standard InChI is InChI=1S/C12H15N3O2S/c1-4-5-15-11(10(17-3)6-13-15)12(16)9-7-18-8(2)14-9/h6-7H,4-5H2,1-3H3. The number of hydrogen-bond acceptors (Lipinski definition) is 5. The Hall–Kier alpha value is -1.69. The second-order valence-electron chi connectivity index (χ2n) is 3.87. The van der Waals surface area contributed by atoms with Crippen molar-refractivity contribution < 1.29 is 9.53 Å². The average molecular weight is 265 g/mol. The van der Waals surface area contributed by atoms with Crippen molar-refractivity contribution in [1.82, 2.24) is 14.8 Å². The first-order chi connectivity index (χ1) is 8.67. The Kier molecular flexibility index (Phi) is 3.76. The van der Waals surface area contributed by atoms with Crippen LogP contribution in [0, 0.1) is 6.92 Å². The van der Waals surface area contributed by atoms with E-state index in [9.17, 15) is 4.79 Å². The van der Waals surface area contributed by atoms with Crippen LogP contribution in [0.4, 0.5) is 0 Å². The molecule has 2 rings (SSSR count).